The molecule has 198 valence electrons. The Balaban J connectivity index is 1.91. The van der Waals surface area contributed by atoms with E-state index >= 15 is 0 Å². The summed E-state index contributed by atoms with van der Waals surface area (Å²) in [5.41, 5.74) is 3.14. The van der Waals surface area contributed by atoms with Gasteiger partial charge in [0.2, 0.25) is 5.91 Å². The summed E-state index contributed by atoms with van der Waals surface area (Å²) in [6.45, 7) is 14.9. The van der Waals surface area contributed by atoms with Crippen molar-refractivity contribution in [3.05, 3.63) is 46.7 Å². The van der Waals surface area contributed by atoms with E-state index in [2.05, 4.69) is 44.8 Å². The summed E-state index contributed by atoms with van der Waals surface area (Å²) in [4.78, 5) is 44.6. The fourth-order valence-electron chi connectivity index (χ4n) is 4.95. The minimum atomic E-state index is -0.588. The van der Waals surface area contributed by atoms with Crippen LogP contribution in [0.2, 0.25) is 0 Å². The van der Waals surface area contributed by atoms with Crippen molar-refractivity contribution in [2.24, 2.45) is 5.92 Å². The highest BCUT2D eigenvalue weighted by atomic mass is 16.5. The maximum absolute atomic E-state index is 13.2. The molecule has 1 aromatic carbocycles. The Morgan fingerprint density at radius 2 is 1.78 bits per heavy atom. The number of amides is 3. The maximum Gasteiger partial charge on any atom is 0.338 e. The summed E-state index contributed by atoms with van der Waals surface area (Å²) >= 11 is 0. The van der Waals surface area contributed by atoms with E-state index in [1.54, 1.807) is 14.0 Å². The molecule has 0 aliphatic carbocycles. The largest absolute Gasteiger partial charge is 0.463 e. The number of hydrogen-bond acceptors (Lipinski definition) is 5. The molecule has 2 aliphatic heterocycles. The third kappa shape index (κ3) is 6.27. The molecular weight excluding hydrogens is 456 g/mol. The van der Waals surface area contributed by atoms with Crippen molar-refractivity contribution in [3.8, 4) is 0 Å². The van der Waals surface area contributed by atoms with E-state index in [1.807, 2.05) is 29.2 Å². The lowest BCUT2D eigenvalue weighted by atomic mass is 9.92. The molecule has 0 aromatic heterocycles. The SMILES string of the molecule is CCOC(=O)C1=C(CN2CCN(C(=O)CC(C)C)C(C)C2)N(C)C(=O)NC1c1ccc(C(C)C)cc1. The Morgan fingerprint density at radius 3 is 2.33 bits per heavy atom. The molecule has 0 radical (unpaired) electrons. The van der Waals surface area contributed by atoms with Gasteiger partial charge >= 0.3 is 12.0 Å². The molecule has 3 amide bonds. The third-order valence-electron chi connectivity index (χ3n) is 7.00. The normalized spacial score (nSPS) is 21.3. The van der Waals surface area contributed by atoms with Crippen LogP contribution in [-0.4, -0.2) is 78.5 Å². The molecule has 8 heteroatoms. The van der Waals surface area contributed by atoms with E-state index in [9.17, 15) is 14.4 Å². The second-order valence-electron chi connectivity index (χ2n) is 10.6. The highest BCUT2D eigenvalue weighted by Crippen LogP contribution is 2.32. The van der Waals surface area contributed by atoms with E-state index in [-0.39, 0.29) is 24.6 Å². The van der Waals surface area contributed by atoms with Crippen LogP contribution in [0.4, 0.5) is 4.79 Å². The zero-order valence-electron chi connectivity index (χ0n) is 22.8. The van der Waals surface area contributed by atoms with Crippen molar-refractivity contribution >= 4 is 17.9 Å². The number of carbonyl (C=O) groups is 3. The smallest absolute Gasteiger partial charge is 0.338 e. The van der Waals surface area contributed by atoms with Gasteiger partial charge in [-0.25, -0.2) is 9.59 Å². The fourth-order valence-corrected chi connectivity index (χ4v) is 4.95. The lowest BCUT2D eigenvalue weighted by molar-refractivity contribution is -0.139. The molecule has 1 N–H and O–H groups in total. The molecule has 0 saturated carbocycles. The number of ether oxygens (including phenoxy) is 1. The minimum absolute atomic E-state index is 0.0544. The first-order valence-corrected chi connectivity index (χ1v) is 13.1. The Bertz CT molecular complexity index is 986. The van der Waals surface area contributed by atoms with Gasteiger partial charge in [0.15, 0.2) is 0 Å². The Morgan fingerprint density at radius 1 is 1.11 bits per heavy atom. The van der Waals surface area contributed by atoms with Crippen molar-refractivity contribution in [2.75, 3.05) is 39.8 Å². The monoisotopic (exact) mass is 498 g/mol. The zero-order chi connectivity index (χ0) is 26.6. The first-order valence-electron chi connectivity index (χ1n) is 13.1. The van der Waals surface area contributed by atoms with E-state index in [0.29, 0.717) is 55.7 Å². The van der Waals surface area contributed by atoms with Crippen LogP contribution in [0.15, 0.2) is 35.5 Å². The summed E-state index contributed by atoms with van der Waals surface area (Å²) in [5, 5.41) is 2.99. The number of nitrogens with one attached hydrogen (secondary N) is 1. The first-order chi connectivity index (χ1) is 17.0. The summed E-state index contributed by atoms with van der Waals surface area (Å²) in [5.74, 6) is 0.467. The van der Waals surface area contributed by atoms with Crippen molar-refractivity contribution in [3.63, 3.8) is 0 Å². The van der Waals surface area contributed by atoms with Crippen molar-refractivity contribution < 1.29 is 19.1 Å². The van der Waals surface area contributed by atoms with Crippen molar-refractivity contribution in [1.82, 2.24) is 20.0 Å². The van der Waals surface area contributed by atoms with E-state index < -0.39 is 12.0 Å². The molecule has 1 saturated heterocycles. The van der Waals surface area contributed by atoms with E-state index in [1.165, 1.54) is 10.5 Å². The molecule has 0 spiro atoms. The van der Waals surface area contributed by atoms with Crippen molar-refractivity contribution in [2.45, 2.75) is 66.0 Å². The van der Waals surface area contributed by atoms with Crippen LogP contribution < -0.4 is 5.32 Å². The molecule has 0 bridgehead atoms. The second kappa shape index (κ2) is 11.9. The number of urea groups is 1. The van der Waals surface area contributed by atoms with Crippen LogP contribution in [0, 0.1) is 5.92 Å². The number of esters is 1. The highest BCUT2D eigenvalue weighted by molar-refractivity contribution is 5.95. The number of benzene rings is 1. The highest BCUT2D eigenvalue weighted by Gasteiger charge is 2.38. The molecule has 1 fully saturated rings. The molecule has 36 heavy (non-hydrogen) atoms. The van der Waals surface area contributed by atoms with Crippen LogP contribution in [0.25, 0.3) is 0 Å². The molecule has 2 unspecified atom stereocenters. The molecule has 8 nitrogen and oxygen atoms in total. The lowest BCUT2D eigenvalue weighted by Gasteiger charge is -2.42. The molecular formula is C28H42N4O4. The third-order valence-corrected chi connectivity index (χ3v) is 7.00. The average molecular weight is 499 g/mol. The van der Waals surface area contributed by atoms with Gasteiger partial charge in [0.1, 0.15) is 0 Å². The van der Waals surface area contributed by atoms with E-state index in [0.717, 1.165) is 5.56 Å². The fraction of sp³-hybridized carbons (Fsp3) is 0.607. The van der Waals surface area contributed by atoms with Crippen LogP contribution in [0.1, 0.15) is 71.0 Å². The Labute approximate surface area is 215 Å². The number of carbonyl (C=O) groups excluding carboxylic acids is 3. The Kier molecular flexibility index (Phi) is 9.17. The predicted octanol–water partition coefficient (Wildman–Crippen LogP) is 3.90. The van der Waals surface area contributed by atoms with Crippen molar-refractivity contribution in [1.29, 1.82) is 0 Å². The van der Waals surface area contributed by atoms with Crippen LogP contribution >= 0.6 is 0 Å². The summed E-state index contributed by atoms with van der Waals surface area (Å²) < 4.78 is 5.46. The Hall–Kier alpha value is -2.87. The van der Waals surface area contributed by atoms with Gasteiger partial charge in [0.05, 0.1) is 18.2 Å². The lowest BCUT2D eigenvalue weighted by Crippen LogP contribution is -2.56. The van der Waals surface area contributed by atoms with Gasteiger partial charge < -0.3 is 15.0 Å². The quantitative estimate of drug-likeness (QED) is 0.550. The molecule has 2 atom stereocenters. The number of nitrogens with zero attached hydrogens (tertiary/aromatic N) is 3. The van der Waals surface area contributed by atoms with Crippen LogP contribution in [0.5, 0.6) is 0 Å². The number of likely N-dealkylation sites (N-methyl/N-ethyl adjacent to an activating group) is 1. The first kappa shape index (κ1) is 27.7. The average Bonchev–Trinajstić information content (AvgIpc) is 2.81. The van der Waals surface area contributed by atoms with Gasteiger partial charge in [-0.1, -0.05) is 52.0 Å². The number of rotatable bonds is 8. The predicted molar refractivity (Wildman–Crippen MR) is 140 cm³/mol. The summed E-state index contributed by atoms with van der Waals surface area (Å²) in [6, 6.07) is 7.25. The van der Waals surface area contributed by atoms with Gasteiger partial charge in [-0.3, -0.25) is 14.6 Å². The van der Waals surface area contributed by atoms with Gasteiger partial charge in [-0.05, 0) is 36.8 Å². The standard InChI is InChI=1S/C28H42N4O4/c1-8-36-27(34)25-23(17-31-13-14-32(20(6)16-31)24(33)15-18(2)3)30(7)28(35)29-26(25)22-11-9-21(10-12-22)19(4)5/h9-12,18-20,26H,8,13-17H2,1-7H3,(H,29,35). The van der Waals surface area contributed by atoms with Gasteiger partial charge in [0.25, 0.3) is 0 Å². The van der Waals surface area contributed by atoms with Gasteiger partial charge in [-0.15, -0.1) is 0 Å². The zero-order valence-corrected chi connectivity index (χ0v) is 22.8. The molecule has 3 rings (SSSR count). The second-order valence-corrected chi connectivity index (χ2v) is 10.6. The maximum atomic E-state index is 13.2. The summed E-state index contributed by atoms with van der Waals surface area (Å²) in [6.07, 6.45) is 0.544. The number of hydrogen-bond donors (Lipinski definition) is 1. The topological polar surface area (TPSA) is 82.2 Å². The van der Waals surface area contributed by atoms with Crippen LogP contribution in [0.3, 0.4) is 0 Å². The minimum Gasteiger partial charge on any atom is -0.463 e. The molecule has 2 heterocycles. The van der Waals surface area contributed by atoms with Gasteiger partial charge in [-0.2, -0.15) is 0 Å². The van der Waals surface area contributed by atoms with Gasteiger partial charge in [0, 0.05) is 51.4 Å². The van der Waals surface area contributed by atoms with E-state index in [4.69, 9.17) is 4.74 Å². The van der Waals surface area contributed by atoms with Crippen LogP contribution in [-0.2, 0) is 14.3 Å². The summed E-state index contributed by atoms with van der Waals surface area (Å²) in [7, 11) is 1.69. The number of piperazine rings is 1. The molecule has 2 aliphatic rings. The molecule has 1 aromatic rings.